The number of nitrogen functional groups attached to an aromatic ring is 1. The second kappa shape index (κ2) is 3.38. The van der Waals surface area contributed by atoms with E-state index in [4.69, 9.17) is 5.73 Å². The van der Waals surface area contributed by atoms with E-state index in [0.29, 0.717) is 5.69 Å². The molecule has 0 spiro atoms. The summed E-state index contributed by atoms with van der Waals surface area (Å²) in [6.45, 7) is 1.89. The van der Waals surface area contributed by atoms with Crippen molar-refractivity contribution >= 4 is 5.69 Å². The molecule has 0 saturated heterocycles. The molecule has 0 radical (unpaired) electrons. The molecule has 4 heteroatoms. The molecule has 1 aromatic heterocycles. The van der Waals surface area contributed by atoms with Crippen LogP contribution in [0.25, 0.3) is 11.3 Å². The van der Waals surface area contributed by atoms with Gasteiger partial charge in [0.2, 0.25) is 0 Å². The maximum Gasteiger partial charge on any atom is 0.125 e. The highest BCUT2D eigenvalue weighted by Gasteiger charge is 2.07. The van der Waals surface area contributed by atoms with Crippen LogP contribution in [-0.4, -0.2) is 9.55 Å². The summed E-state index contributed by atoms with van der Waals surface area (Å²) < 4.78 is 15.0. The lowest BCUT2D eigenvalue weighted by molar-refractivity contribution is 0.629. The van der Waals surface area contributed by atoms with Crippen LogP contribution < -0.4 is 5.73 Å². The van der Waals surface area contributed by atoms with E-state index in [0.717, 1.165) is 17.1 Å². The van der Waals surface area contributed by atoms with Gasteiger partial charge in [0.1, 0.15) is 11.6 Å². The quantitative estimate of drug-likeness (QED) is 0.725. The molecule has 0 aliphatic rings. The molecule has 0 atom stereocenters. The molecule has 0 aliphatic heterocycles. The Hall–Kier alpha value is -1.84. The number of aromatic nitrogens is 2. The van der Waals surface area contributed by atoms with Gasteiger partial charge in [-0.15, -0.1) is 0 Å². The molecule has 2 aromatic rings. The van der Waals surface area contributed by atoms with Gasteiger partial charge in [0, 0.05) is 18.3 Å². The minimum Gasteiger partial charge on any atom is -0.399 e. The summed E-state index contributed by atoms with van der Waals surface area (Å²) in [6.07, 6.45) is 1.71. The molecule has 15 heavy (non-hydrogen) atoms. The maximum absolute atomic E-state index is 13.1. The third kappa shape index (κ3) is 1.70. The van der Waals surface area contributed by atoms with Gasteiger partial charge in [0.25, 0.3) is 0 Å². The first-order valence-corrected chi connectivity index (χ1v) is 4.62. The van der Waals surface area contributed by atoms with Crippen LogP contribution in [0.4, 0.5) is 10.1 Å². The van der Waals surface area contributed by atoms with Gasteiger partial charge in [-0.05, 0) is 25.1 Å². The van der Waals surface area contributed by atoms with Gasteiger partial charge >= 0.3 is 0 Å². The van der Waals surface area contributed by atoms with Crippen molar-refractivity contribution in [3.8, 4) is 11.3 Å². The van der Waals surface area contributed by atoms with Gasteiger partial charge in [-0.1, -0.05) is 0 Å². The van der Waals surface area contributed by atoms with Gasteiger partial charge in [-0.2, -0.15) is 0 Å². The third-order valence-corrected chi connectivity index (χ3v) is 2.44. The van der Waals surface area contributed by atoms with Crippen molar-refractivity contribution in [2.45, 2.75) is 6.92 Å². The Morgan fingerprint density at radius 1 is 1.33 bits per heavy atom. The van der Waals surface area contributed by atoms with Crippen molar-refractivity contribution in [1.82, 2.24) is 9.55 Å². The van der Waals surface area contributed by atoms with Gasteiger partial charge in [-0.3, -0.25) is 0 Å². The van der Waals surface area contributed by atoms with Crippen LogP contribution in [0, 0.1) is 12.7 Å². The number of rotatable bonds is 1. The van der Waals surface area contributed by atoms with E-state index in [1.165, 1.54) is 12.1 Å². The third-order valence-electron chi connectivity index (χ3n) is 2.44. The van der Waals surface area contributed by atoms with E-state index in [9.17, 15) is 4.39 Å². The zero-order valence-corrected chi connectivity index (χ0v) is 8.66. The van der Waals surface area contributed by atoms with Crippen LogP contribution in [0.3, 0.4) is 0 Å². The second-order valence-corrected chi connectivity index (χ2v) is 3.52. The van der Waals surface area contributed by atoms with Crippen molar-refractivity contribution in [3.05, 3.63) is 36.0 Å². The first-order valence-electron chi connectivity index (χ1n) is 4.62. The van der Waals surface area contributed by atoms with Gasteiger partial charge in [0.15, 0.2) is 0 Å². The summed E-state index contributed by atoms with van der Waals surface area (Å²) in [6, 6.07) is 4.49. The summed E-state index contributed by atoms with van der Waals surface area (Å²) in [5.74, 6) is 0.552. The van der Waals surface area contributed by atoms with E-state index < -0.39 is 0 Å². The monoisotopic (exact) mass is 205 g/mol. The Morgan fingerprint density at radius 2 is 2.07 bits per heavy atom. The summed E-state index contributed by atoms with van der Waals surface area (Å²) in [4.78, 5) is 4.15. The highest BCUT2D eigenvalue weighted by atomic mass is 19.1. The van der Waals surface area contributed by atoms with Crippen molar-refractivity contribution in [3.63, 3.8) is 0 Å². The van der Waals surface area contributed by atoms with Crippen LogP contribution in [0.15, 0.2) is 24.4 Å². The fraction of sp³-hybridized carbons (Fsp3) is 0.182. The normalized spacial score (nSPS) is 10.6. The number of benzene rings is 1. The maximum atomic E-state index is 13.1. The fourth-order valence-corrected chi connectivity index (χ4v) is 1.53. The van der Waals surface area contributed by atoms with Crippen LogP contribution in [0.1, 0.15) is 5.82 Å². The van der Waals surface area contributed by atoms with E-state index in [1.807, 2.05) is 18.5 Å². The average Bonchev–Trinajstić information content (AvgIpc) is 2.46. The number of imidazole rings is 1. The van der Waals surface area contributed by atoms with E-state index in [1.54, 1.807) is 12.3 Å². The van der Waals surface area contributed by atoms with Crippen LogP contribution >= 0.6 is 0 Å². The predicted molar refractivity (Wildman–Crippen MR) is 57.8 cm³/mol. The Balaban J connectivity index is 2.58. The minimum absolute atomic E-state index is 0.330. The largest absolute Gasteiger partial charge is 0.399 e. The minimum atomic E-state index is -0.330. The first-order chi connectivity index (χ1) is 7.08. The molecular weight excluding hydrogens is 193 g/mol. The number of hydrogen-bond donors (Lipinski definition) is 1. The lowest BCUT2D eigenvalue weighted by Gasteiger charge is -2.05. The number of aryl methyl sites for hydroxylation is 1. The predicted octanol–water partition coefficient (Wildman–Crippen LogP) is 2.12. The molecule has 0 saturated carbocycles. The topological polar surface area (TPSA) is 43.8 Å². The number of anilines is 1. The molecule has 2 rings (SSSR count). The summed E-state index contributed by atoms with van der Waals surface area (Å²) >= 11 is 0. The molecule has 0 bridgehead atoms. The van der Waals surface area contributed by atoms with E-state index in [-0.39, 0.29) is 5.82 Å². The Bertz CT molecular complexity index is 482. The van der Waals surface area contributed by atoms with E-state index in [2.05, 4.69) is 4.98 Å². The van der Waals surface area contributed by atoms with Gasteiger partial charge in [-0.25, -0.2) is 9.37 Å². The fourth-order valence-electron chi connectivity index (χ4n) is 1.53. The molecule has 78 valence electrons. The zero-order chi connectivity index (χ0) is 11.0. The van der Waals surface area contributed by atoms with Gasteiger partial charge in [0.05, 0.1) is 11.9 Å². The molecule has 0 fully saturated rings. The van der Waals surface area contributed by atoms with Crippen LogP contribution in [0.5, 0.6) is 0 Å². The number of halogens is 1. The van der Waals surface area contributed by atoms with Crippen molar-refractivity contribution in [1.29, 1.82) is 0 Å². The summed E-state index contributed by atoms with van der Waals surface area (Å²) in [5, 5.41) is 0. The molecule has 0 amide bonds. The number of nitrogens with two attached hydrogens (primary N) is 1. The molecule has 1 heterocycles. The standard InChI is InChI=1S/C11H12FN3/c1-7-14-6-11(15(7)2)8-3-9(12)5-10(13)4-8/h3-6H,13H2,1-2H3. The molecule has 3 nitrogen and oxygen atoms in total. The highest BCUT2D eigenvalue weighted by Crippen LogP contribution is 2.23. The highest BCUT2D eigenvalue weighted by molar-refractivity contribution is 5.64. The summed E-state index contributed by atoms with van der Waals surface area (Å²) in [5.41, 5.74) is 7.61. The van der Waals surface area contributed by atoms with Crippen molar-refractivity contribution < 1.29 is 4.39 Å². The zero-order valence-electron chi connectivity index (χ0n) is 8.66. The second-order valence-electron chi connectivity index (χ2n) is 3.52. The molecular formula is C11H12FN3. The van der Waals surface area contributed by atoms with Crippen LogP contribution in [0.2, 0.25) is 0 Å². The Morgan fingerprint density at radius 3 is 2.60 bits per heavy atom. The van der Waals surface area contributed by atoms with Crippen molar-refractivity contribution in [2.75, 3.05) is 5.73 Å². The smallest absolute Gasteiger partial charge is 0.125 e. The molecule has 0 unspecified atom stereocenters. The SMILES string of the molecule is Cc1ncc(-c2cc(N)cc(F)c2)n1C. The Kier molecular flexibility index (Phi) is 2.19. The molecule has 2 N–H and O–H groups in total. The first kappa shape index (κ1) is 9.71. The number of nitrogens with zero attached hydrogens (tertiary/aromatic N) is 2. The number of hydrogen-bond acceptors (Lipinski definition) is 2. The van der Waals surface area contributed by atoms with Crippen LogP contribution in [-0.2, 0) is 7.05 Å². The summed E-state index contributed by atoms with van der Waals surface area (Å²) in [7, 11) is 1.89. The lowest BCUT2D eigenvalue weighted by Crippen LogP contribution is -1.95. The van der Waals surface area contributed by atoms with E-state index >= 15 is 0 Å². The molecule has 1 aromatic carbocycles. The Labute approximate surface area is 87.4 Å². The van der Waals surface area contributed by atoms with Crippen molar-refractivity contribution in [2.24, 2.45) is 7.05 Å². The lowest BCUT2D eigenvalue weighted by atomic mass is 10.1. The average molecular weight is 205 g/mol. The molecule has 0 aliphatic carbocycles. The van der Waals surface area contributed by atoms with Gasteiger partial charge < -0.3 is 10.3 Å².